The molecule has 18 heavy (non-hydrogen) atoms. The van der Waals surface area contributed by atoms with Crippen LogP contribution in [0.2, 0.25) is 0 Å². The first-order chi connectivity index (χ1) is 7.70. The van der Waals surface area contributed by atoms with Gasteiger partial charge in [0.15, 0.2) is 0 Å². The first-order valence-electron chi connectivity index (χ1n) is 4.85. The molecule has 0 aliphatic heterocycles. The topological polar surface area (TPSA) is 109 Å². The zero-order valence-electron chi connectivity index (χ0n) is 10.2. The quantitative estimate of drug-likeness (QED) is 0.307. The van der Waals surface area contributed by atoms with Crippen LogP contribution in [-0.4, -0.2) is 42.9 Å². The number of hydrogen-bond acceptors (Lipinski definition) is 6. The molecule has 1 rings (SSSR count). The number of unbranched alkanes of at least 4 members (excludes halogenated alkanes) is 1. The maximum absolute atomic E-state index is 11.3. The van der Waals surface area contributed by atoms with Gasteiger partial charge in [-0.25, -0.2) is 21.8 Å². The third kappa shape index (κ3) is 6.02. The second-order valence-electron chi connectivity index (χ2n) is 3.64. The molecule has 0 radical (unpaired) electrons. The van der Waals surface area contributed by atoms with E-state index in [1.54, 1.807) is 0 Å². The summed E-state index contributed by atoms with van der Waals surface area (Å²) in [4.78, 5) is 3.71. The fourth-order valence-corrected chi connectivity index (χ4v) is 2.74. The average Bonchev–Trinajstić information content (AvgIpc) is 2.58. The number of nitrogens with zero attached hydrogens (tertiary/aromatic N) is 2. The van der Waals surface area contributed by atoms with E-state index in [9.17, 15) is 21.4 Å². The summed E-state index contributed by atoms with van der Waals surface area (Å²) >= 11 is 0. The second-order valence-corrected chi connectivity index (χ2v) is 7.08. The zero-order chi connectivity index (χ0) is 13.1. The Morgan fingerprint density at radius 1 is 1.28 bits per heavy atom. The zero-order valence-corrected chi connectivity index (χ0v) is 11.9. The SMILES string of the molecule is CS(=O)(=O)c1nccn1CCCCS(=O)(=O)[O-].[Li+]. The van der Waals surface area contributed by atoms with Crippen LogP contribution in [-0.2, 0) is 26.5 Å². The minimum absolute atomic E-state index is 0. The Balaban J connectivity index is 0.00000289. The molecule has 0 spiro atoms. The van der Waals surface area contributed by atoms with Crippen molar-refractivity contribution in [1.29, 1.82) is 0 Å². The Morgan fingerprint density at radius 2 is 1.89 bits per heavy atom. The summed E-state index contributed by atoms with van der Waals surface area (Å²) in [5.41, 5.74) is 0. The van der Waals surface area contributed by atoms with Gasteiger partial charge in [0.1, 0.15) is 0 Å². The van der Waals surface area contributed by atoms with Crippen LogP contribution in [0.4, 0.5) is 0 Å². The molecule has 0 bridgehead atoms. The largest absolute Gasteiger partial charge is 1.00 e. The molecular formula is C8H13LiN2O5S2. The average molecular weight is 288 g/mol. The van der Waals surface area contributed by atoms with Gasteiger partial charge in [-0.15, -0.1) is 0 Å². The van der Waals surface area contributed by atoms with E-state index < -0.39 is 25.7 Å². The van der Waals surface area contributed by atoms with E-state index >= 15 is 0 Å². The standard InChI is InChI=1S/C8H14N2O5S2.Li/c1-16(11,12)8-9-4-6-10(8)5-2-3-7-17(13,14)15;/h4,6H,2-3,5,7H2,1H3,(H,13,14,15);/q;+1/p-1. The van der Waals surface area contributed by atoms with Crippen molar-refractivity contribution in [2.24, 2.45) is 0 Å². The van der Waals surface area contributed by atoms with E-state index in [1.807, 2.05) is 0 Å². The van der Waals surface area contributed by atoms with E-state index in [0.29, 0.717) is 13.0 Å². The van der Waals surface area contributed by atoms with Crippen molar-refractivity contribution in [3.63, 3.8) is 0 Å². The molecule has 0 fully saturated rings. The molecule has 98 valence electrons. The molecule has 0 atom stereocenters. The number of imidazole rings is 1. The van der Waals surface area contributed by atoms with Crippen molar-refractivity contribution < 1.29 is 40.2 Å². The van der Waals surface area contributed by atoms with Gasteiger partial charge < -0.3 is 9.12 Å². The first-order valence-corrected chi connectivity index (χ1v) is 8.32. The Morgan fingerprint density at radius 3 is 2.39 bits per heavy atom. The molecule has 1 heterocycles. The number of hydrogen-bond donors (Lipinski definition) is 0. The summed E-state index contributed by atoms with van der Waals surface area (Å²) in [5, 5.41) is -0.0533. The van der Waals surface area contributed by atoms with Crippen molar-refractivity contribution in [3.8, 4) is 0 Å². The van der Waals surface area contributed by atoms with Gasteiger partial charge in [-0.1, -0.05) is 0 Å². The molecule has 0 saturated carbocycles. The van der Waals surface area contributed by atoms with Crippen molar-refractivity contribution in [2.45, 2.75) is 24.5 Å². The third-order valence-electron chi connectivity index (χ3n) is 2.05. The Kier molecular flexibility index (Phi) is 6.60. The Bertz CT molecular complexity index is 578. The molecule has 0 aliphatic carbocycles. The smallest absolute Gasteiger partial charge is 0.748 e. The van der Waals surface area contributed by atoms with E-state index in [-0.39, 0.29) is 30.4 Å². The molecule has 1 aromatic heterocycles. The Labute approximate surface area is 118 Å². The van der Waals surface area contributed by atoms with E-state index in [0.717, 1.165) is 6.26 Å². The van der Waals surface area contributed by atoms with Crippen molar-refractivity contribution >= 4 is 20.0 Å². The molecule has 0 N–H and O–H groups in total. The molecule has 0 aromatic carbocycles. The fourth-order valence-electron chi connectivity index (χ4n) is 1.36. The van der Waals surface area contributed by atoms with E-state index in [2.05, 4.69) is 4.98 Å². The summed E-state index contributed by atoms with van der Waals surface area (Å²) in [7, 11) is -7.58. The van der Waals surface area contributed by atoms with Gasteiger partial charge in [-0.05, 0) is 12.8 Å². The minimum atomic E-state index is -4.20. The van der Waals surface area contributed by atoms with Crippen LogP contribution >= 0.6 is 0 Å². The van der Waals surface area contributed by atoms with Gasteiger partial charge in [-0.3, -0.25) is 0 Å². The van der Waals surface area contributed by atoms with Crippen molar-refractivity contribution in [2.75, 3.05) is 12.0 Å². The monoisotopic (exact) mass is 288 g/mol. The van der Waals surface area contributed by atoms with Crippen LogP contribution in [0.3, 0.4) is 0 Å². The number of aromatic nitrogens is 2. The summed E-state index contributed by atoms with van der Waals surface area (Å²) < 4.78 is 55.0. The van der Waals surface area contributed by atoms with Crippen LogP contribution in [0.25, 0.3) is 0 Å². The first kappa shape index (κ1) is 17.7. The van der Waals surface area contributed by atoms with Gasteiger partial charge in [0.05, 0.1) is 10.1 Å². The van der Waals surface area contributed by atoms with Crippen molar-refractivity contribution in [3.05, 3.63) is 12.4 Å². The maximum atomic E-state index is 11.3. The predicted octanol–water partition coefficient (Wildman–Crippen LogP) is -3.38. The summed E-state index contributed by atoms with van der Waals surface area (Å²) in [6, 6.07) is 0. The van der Waals surface area contributed by atoms with Gasteiger partial charge >= 0.3 is 18.9 Å². The van der Waals surface area contributed by atoms with Gasteiger partial charge in [0, 0.05) is 30.9 Å². The molecule has 10 heteroatoms. The van der Waals surface area contributed by atoms with E-state index in [4.69, 9.17) is 0 Å². The maximum Gasteiger partial charge on any atom is 1.00 e. The molecule has 1 aromatic rings. The molecular weight excluding hydrogens is 275 g/mol. The van der Waals surface area contributed by atoms with Crippen LogP contribution in [0.15, 0.2) is 17.6 Å². The summed E-state index contributed by atoms with van der Waals surface area (Å²) in [6.45, 7) is 0.317. The van der Waals surface area contributed by atoms with Crippen LogP contribution in [0, 0.1) is 0 Å². The normalized spacial score (nSPS) is 12.1. The fraction of sp³-hybridized carbons (Fsp3) is 0.625. The number of aryl methyl sites for hydroxylation is 1. The van der Waals surface area contributed by atoms with Crippen LogP contribution < -0.4 is 18.9 Å². The third-order valence-corrected chi connectivity index (χ3v) is 3.84. The second kappa shape index (κ2) is 6.72. The van der Waals surface area contributed by atoms with Gasteiger partial charge in [0.25, 0.3) is 0 Å². The molecule has 0 aliphatic rings. The van der Waals surface area contributed by atoms with Crippen LogP contribution in [0.5, 0.6) is 0 Å². The predicted molar refractivity (Wildman–Crippen MR) is 59.1 cm³/mol. The Hall–Kier alpha value is -0.333. The molecule has 0 saturated heterocycles. The van der Waals surface area contributed by atoms with E-state index in [1.165, 1.54) is 17.0 Å². The molecule has 7 nitrogen and oxygen atoms in total. The summed E-state index contributed by atoms with van der Waals surface area (Å²) in [6.07, 6.45) is 4.52. The van der Waals surface area contributed by atoms with Gasteiger partial charge in [-0.2, -0.15) is 0 Å². The van der Waals surface area contributed by atoms with Crippen LogP contribution in [0.1, 0.15) is 12.8 Å². The summed E-state index contributed by atoms with van der Waals surface area (Å²) in [5.74, 6) is -0.435. The van der Waals surface area contributed by atoms with Crippen molar-refractivity contribution in [1.82, 2.24) is 9.55 Å². The number of rotatable bonds is 6. The minimum Gasteiger partial charge on any atom is -0.748 e. The molecule has 0 amide bonds. The molecule has 0 unspecified atom stereocenters. The van der Waals surface area contributed by atoms with Gasteiger partial charge in [0.2, 0.25) is 15.0 Å². The number of sulfone groups is 1.